The van der Waals surface area contributed by atoms with Crippen molar-refractivity contribution in [2.24, 2.45) is 0 Å². The smallest absolute Gasteiger partial charge is 0.138 e. The Morgan fingerprint density at radius 2 is 1.81 bits per heavy atom. The molecule has 0 heterocycles. The number of ether oxygens (including phenoxy) is 1. The molecule has 0 aliphatic carbocycles. The fraction of sp³-hybridized carbons (Fsp3) is 0.647. The van der Waals surface area contributed by atoms with Crippen molar-refractivity contribution in [1.82, 2.24) is 5.32 Å². The summed E-state index contributed by atoms with van der Waals surface area (Å²) in [5, 5.41) is 13.8. The van der Waals surface area contributed by atoms with Gasteiger partial charge in [-0.1, -0.05) is 26.0 Å². The Balaban J connectivity index is 2.85. The zero-order valence-electron chi connectivity index (χ0n) is 13.8. The van der Waals surface area contributed by atoms with E-state index in [9.17, 15) is 5.11 Å². The van der Waals surface area contributed by atoms with Gasteiger partial charge in [0.25, 0.3) is 0 Å². The van der Waals surface area contributed by atoms with E-state index in [0.29, 0.717) is 19.4 Å². The summed E-state index contributed by atoms with van der Waals surface area (Å²) in [4.78, 5) is 0. The molecule has 0 aromatic heterocycles. The predicted octanol–water partition coefficient (Wildman–Crippen LogP) is 4.27. The topological polar surface area (TPSA) is 41.5 Å². The molecule has 0 bridgehead atoms. The van der Waals surface area contributed by atoms with Gasteiger partial charge in [0.15, 0.2) is 0 Å². The summed E-state index contributed by atoms with van der Waals surface area (Å²) < 4.78 is 6.86. The van der Waals surface area contributed by atoms with E-state index in [4.69, 9.17) is 4.74 Å². The van der Waals surface area contributed by atoms with E-state index in [1.807, 2.05) is 26.0 Å². The van der Waals surface area contributed by atoms with Crippen molar-refractivity contribution in [2.75, 3.05) is 6.61 Å². The fourth-order valence-electron chi connectivity index (χ4n) is 1.88. The monoisotopic (exact) mass is 357 g/mol. The number of aliphatic hydroxyl groups is 1. The first-order valence-corrected chi connectivity index (χ1v) is 8.37. The van der Waals surface area contributed by atoms with E-state index in [1.54, 1.807) is 0 Å². The number of nitrogens with one attached hydrogen (secondary N) is 1. The minimum Gasteiger partial charge on any atom is -0.489 e. The molecule has 4 heteroatoms. The average molecular weight is 358 g/mol. The van der Waals surface area contributed by atoms with Crippen molar-refractivity contribution in [3.63, 3.8) is 0 Å². The summed E-state index contributed by atoms with van der Waals surface area (Å²) in [5.41, 5.74) is 0.380. The van der Waals surface area contributed by atoms with Crippen LogP contribution in [0.4, 0.5) is 0 Å². The van der Waals surface area contributed by atoms with Crippen molar-refractivity contribution < 1.29 is 9.84 Å². The first-order chi connectivity index (χ1) is 9.71. The molecule has 0 fully saturated rings. The number of para-hydroxylation sites is 1. The second-order valence-electron chi connectivity index (χ2n) is 6.55. The van der Waals surface area contributed by atoms with Crippen LogP contribution in [0.25, 0.3) is 0 Å². The Bertz CT molecular complexity index is 451. The zero-order chi connectivity index (χ0) is 16.1. The fourth-order valence-corrected chi connectivity index (χ4v) is 2.40. The minimum atomic E-state index is -0.760. The van der Waals surface area contributed by atoms with Gasteiger partial charge in [-0.2, -0.15) is 0 Å². The molecule has 0 aliphatic rings. The molecular formula is C17H28BrNO2. The normalized spacial score (nSPS) is 12.5. The van der Waals surface area contributed by atoms with Crippen LogP contribution in [0.1, 0.15) is 53.0 Å². The standard InChI is InChI=1S/C17H28BrNO2/c1-6-17(20,7-2)12-21-15-13(9-8-10-14(15)18)11-19-16(3,4)5/h8-10,19-20H,6-7,11-12H2,1-5H3. The van der Waals surface area contributed by atoms with Crippen LogP contribution < -0.4 is 10.1 Å². The van der Waals surface area contributed by atoms with Crippen LogP contribution in [0, 0.1) is 0 Å². The van der Waals surface area contributed by atoms with Gasteiger partial charge in [-0.15, -0.1) is 0 Å². The van der Waals surface area contributed by atoms with Crippen LogP contribution in [0.3, 0.4) is 0 Å². The van der Waals surface area contributed by atoms with E-state index < -0.39 is 5.60 Å². The van der Waals surface area contributed by atoms with Crippen LogP contribution in [0.5, 0.6) is 5.75 Å². The molecule has 120 valence electrons. The maximum Gasteiger partial charge on any atom is 0.138 e. The van der Waals surface area contributed by atoms with Gasteiger partial charge in [-0.25, -0.2) is 0 Å². The number of halogens is 1. The maximum absolute atomic E-state index is 10.4. The molecule has 0 amide bonds. The molecular weight excluding hydrogens is 330 g/mol. The Morgan fingerprint density at radius 3 is 2.33 bits per heavy atom. The lowest BCUT2D eigenvalue weighted by Gasteiger charge is -2.27. The van der Waals surface area contributed by atoms with Crippen molar-refractivity contribution >= 4 is 15.9 Å². The highest BCUT2D eigenvalue weighted by molar-refractivity contribution is 9.10. The molecule has 21 heavy (non-hydrogen) atoms. The number of rotatable bonds is 7. The summed E-state index contributed by atoms with van der Waals surface area (Å²) in [7, 11) is 0. The Hall–Kier alpha value is -0.580. The highest BCUT2D eigenvalue weighted by Gasteiger charge is 2.24. The third kappa shape index (κ3) is 5.97. The summed E-state index contributed by atoms with van der Waals surface area (Å²) in [6.07, 6.45) is 1.37. The number of hydrogen-bond donors (Lipinski definition) is 2. The molecule has 2 N–H and O–H groups in total. The van der Waals surface area contributed by atoms with Gasteiger partial charge in [0.05, 0.1) is 10.1 Å². The first-order valence-electron chi connectivity index (χ1n) is 7.58. The van der Waals surface area contributed by atoms with Gasteiger partial charge in [-0.3, -0.25) is 0 Å². The summed E-state index contributed by atoms with van der Waals surface area (Å²) in [5.74, 6) is 0.814. The van der Waals surface area contributed by atoms with Gasteiger partial charge in [0, 0.05) is 17.6 Å². The van der Waals surface area contributed by atoms with Crippen LogP contribution in [0.15, 0.2) is 22.7 Å². The molecule has 0 saturated heterocycles. The molecule has 0 atom stereocenters. The van der Waals surface area contributed by atoms with Crippen LogP contribution >= 0.6 is 15.9 Å². The number of hydrogen-bond acceptors (Lipinski definition) is 3. The van der Waals surface area contributed by atoms with E-state index in [1.165, 1.54) is 0 Å². The van der Waals surface area contributed by atoms with Gasteiger partial charge in [0.2, 0.25) is 0 Å². The Morgan fingerprint density at radius 1 is 1.19 bits per heavy atom. The Kier molecular flexibility index (Phi) is 6.70. The third-order valence-corrected chi connectivity index (χ3v) is 4.28. The van der Waals surface area contributed by atoms with Crippen LogP contribution in [-0.2, 0) is 6.54 Å². The highest BCUT2D eigenvalue weighted by Crippen LogP contribution is 2.31. The summed E-state index contributed by atoms with van der Waals surface area (Å²) >= 11 is 3.54. The second-order valence-corrected chi connectivity index (χ2v) is 7.41. The minimum absolute atomic E-state index is 0.0488. The average Bonchev–Trinajstić information content (AvgIpc) is 2.43. The zero-order valence-corrected chi connectivity index (χ0v) is 15.4. The van der Waals surface area contributed by atoms with Crippen molar-refractivity contribution in [2.45, 2.75) is 65.1 Å². The molecule has 1 rings (SSSR count). The molecule has 3 nitrogen and oxygen atoms in total. The van der Waals surface area contributed by atoms with Gasteiger partial charge in [-0.05, 0) is 55.6 Å². The predicted molar refractivity (Wildman–Crippen MR) is 91.8 cm³/mol. The number of benzene rings is 1. The molecule has 0 unspecified atom stereocenters. The maximum atomic E-state index is 10.4. The highest BCUT2D eigenvalue weighted by atomic mass is 79.9. The van der Waals surface area contributed by atoms with Gasteiger partial charge >= 0.3 is 0 Å². The van der Waals surface area contributed by atoms with E-state index in [-0.39, 0.29) is 5.54 Å². The molecule has 0 spiro atoms. The van der Waals surface area contributed by atoms with Crippen molar-refractivity contribution in [3.05, 3.63) is 28.2 Å². The van der Waals surface area contributed by atoms with E-state index >= 15 is 0 Å². The molecule has 0 aliphatic heterocycles. The van der Waals surface area contributed by atoms with Crippen LogP contribution in [0.2, 0.25) is 0 Å². The van der Waals surface area contributed by atoms with Crippen molar-refractivity contribution in [1.29, 1.82) is 0 Å². The summed E-state index contributed by atoms with van der Waals surface area (Å²) in [6, 6.07) is 6.02. The summed E-state index contributed by atoms with van der Waals surface area (Å²) in [6.45, 7) is 11.4. The Labute approximate surface area is 137 Å². The van der Waals surface area contributed by atoms with E-state index in [2.05, 4.69) is 48.1 Å². The largest absolute Gasteiger partial charge is 0.489 e. The van der Waals surface area contributed by atoms with E-state index in [0.717, 1.165) is 22.3 Å². The lowest BCUT2D eigenvalue weighted by molar-refractivity contribution is -0.0118. The van der Waals surface area contributed by atoms with Crippen LogP contribution in [-0.4, -0.2) is 22.9 Å². The van der Waals surface area contributed by atoms with Crippen molar-refractivity contribution in [3.8, 4) is 5.75 Å². The molecule has 0 saturated carbocycles. The lowest BCUT2D eigenvalue weighted by Crippen LogP contribution is -2.36. The second kappa shape index (κ2) is 7.61. The van der Waals surface area contributed by atoms with Gasteiger partial charge in [0.1, 0.15) is 12.4 Å². The van der Waals surface area contributed by atoms with Gasteiger partial charge < -0.3 is 15.2 Å². The SMILES string of the molecule is CCC(O)(CC)COc1c(Br)cccc1CNC(C)(C)C. The lowest BCUT2D eigenvalue weighted by atomic mass is 9.99. The first kappa shape index (κ1) is 18.5. The molecule has 0 radical (unpaired) electrons. The quantitative estimate of drug-likeness (QED) is 0.765. The molecule has 1 aromatic carbocycles. The molecule has 1 aromatic rings. The third-order valence-electron chi connectivity index (χ3n) is 3.66.